The maximum atomic E-state index is 11.9. The van der Waals surface area contributed by atoms with Crippen molar-refractivity contribution in [3.05, 3.63) is 46.2 Å². The van der Waals surface area contributed by atoms with Gasteiger partial charge in [0.05, 0.1) is 12.5 Å². The monoisotopic (exact) mass is 274 g/mol. The topological polar surface area (TPSA) is 82.2 Å². The number of aromatic nitrogens is 1. The van der Waals surface area contributed by atoms with E-state index >= 15 is 0 Å². The van der Waals surface area contributed by atoms with Gasteiger partial charge >= 0.3 is 0 Å². The predicted molar refractivity (Wildman–Crippen MR) is 77.6 cm³/mol. The highest BCUT2D eigenvalue weighted by Crippen LogP contribution is 2.10. The maximum absolute atomic E-state index is 11.9. The molecule has 20 heavy (non-hydrogen) atoms. The van der Waals surface area contributed by atoms with Crippen LogP contribution in [-0.4, -0.2) is 28.6 Å². The number of aliphatic hydroxyl groups is 1. The van der Waals surface area contributed by atoms with Gasteiger partial charge in [0.2, 0.25) is 5.91 Å². The van der Waals surface area contributed by atoms with Gasteiger partial charge in [0, 0.05) is 17.6 Å². The number of benzene rings is 1. The number of hydrogen-bond donors (Lipinski definition) is 3. The fourth-order valence-electron chi connectivity index (χ4n) is 1.94. The van der Waals surface area contributed by atoms with Gasteiger partial charge in [-0.25, -0.2) is 0 Å². The van der Waals surface area contributed by atoms with Crippen LogP contribution in [0.4, 0.5) is 0 Å². The Labute approximate surface area is 116 Å². The smallest absolute Gasteiger partial charge is 0.252 e. The molecule has 3 N–H and O–H groups in total. The third-order valence-electron chi connectivity index (χ3n) is 3.19. The number of amides is 1. The van der Waals surface area contributed by atoms with Crippen LogP contribution in [0.1, 0.15) is 18.9 Å². The quantitative estimate of drug-likeness (QED) is 0.759. The normalized spacial score (nSPS) is 12.3. The average Bonchev–Trinajstić information content (AvgIpc) is 2.45. The lowest BCUT2D eigenvalue weighted by Crippen LogP contribution is -2.33. The van der Waals surface area contributed by atoms with E-state index in [-0.39, 0.29) is 24.4 Å². The average molecular weight is 274 g/mol. The van der Waals surface area contributed by atoms with E-state index in [9.17, 15) is 14.7 Å². The molecule has 0 aliphatic carbocycles. The van der Waals surface area contributed by atoms with Crippen LogP contribution in [0.2, 0.25) is 0 Å². The van der Waals surface area contributed by atoms with Crippen molar-refractivity contribution in [2.75, 3.05) is 6.54 Å². The second-order valence-corrected chi connectivity index (χ2v) is 4.75. The molecule has 0 saturated carbocycles. The molecule has 106 valence electrons. The number of fused-ring (bicyclic) bond motifs is 1. The number of para-hydroxylation sites is 1. The number of rotatable bonds is 5. The van der Waals surface area contributed by atoms with Crippen molar-refractivity contribution in [3.63, 3.8) is 0 Å². The number of carbonyl (C=O) groups is 1. The fraction of sp³-hybridized carbons (Fsp3) is 0.333. The molecule has 2 rings (SSSR count). The molecule has 0 aliphatic heterocycles. The van der Waals surface area contributed by atoms with Gasteiger partial charge in [-0.3, -0.25) is 9.59 Å². The molecule has 1 amide bonds. The van der Waals surface area contributed by atoms with Gasteiger partial charge in [-0.1, -0.05) is 25.1 Å². The van der Waals surface area contributed by atoms with E-state index in [1.54, 1.807) is 6.07 Å². The molecule has 1 atom stereocenters. The summed E-state index contributed by atoms with van der Waals surface area (Å²) in [5.74, 6) is -0.265. The summed E-state index contributed by atoms with van der Waals surface area (Å²) in [7, 11) is 0. The first kappa shape index (κ1) is 14.3. The van der Waals surface area contributed by atoms with Crippen LogP contribution in [0, 0.1) is 0 Å². The Morgan fingerprint density at radius 1 is 1.40 bits per heavy atom. The van der Waals surface area contributed by atoms with Crippen LogP contribution < -0.4 is 10.9 Å². The molecule has 0 fully saturated rings. The van der Waals surface area contributed by atoms with Crippen LogP contribution in [0.3, 0.4) is 0 Å². The minimum atomic E-state index is -0.547. The Morgan fingerprint density at radius 3 is 2.90 bits per heavy atom. The zero-order valence-corrected chi connectivity index (χ0v) is 11.3. The molecule has 1 heterocycles. The van der Waals surface area contributed by atoms with E-state index in [2.05, 4.69) is 10.3 Å². The number of hydrogen-bond acceptors (Lipinski definition) is 3. The Balaban J connectivity index is 2.11. The van der Waals surface area contributed by atoms with Gasteiger partial charge in [0.25, 0.3) is 5.56 Å². The minimum absolute atomic E-state index is 0.0105. The molecule has 1 aromatic carbocycles. The molecule has 1 aromatic heterocycles. The van der Waals surface area contributed by atoms with Gasteiger partial charge in [-0.2, -0.15) is 0 Å². The highest BCUT2D eigenvalue weighted by molar-refractivity contribution is 5.82. The van der Waals surface area contributed by atoms with E-state index in [1.807, 2.05) is 31.2 Å². The molecule has 0 spiro atoms. The summed E-state index contributed by atoms with van der Waals surface area (Å²) in [6.45, 7) is 2.05. The van der Waals surface area contributed by atoms with Gasteiger partial charge in [0.15, 0.2) is 0 Å². The summed E-state index contributed by atoms with van der Waals surface area (Å²) in [5.41, 5.74) is 0.921. The SMILES string of the molecule is CC[C@H](O)CNC(=O)Cc1cc2ccccc2[nH]c1=O. The van der Waals surface area contributed by atoms with Crippen LogP contribution in [0.25, 0.3) is 10.9 Å². The van der Waals surface area contributed by atoms with Gasteiger partial charge in [0.1, 0.15) is 0 Å². The molecule has 0 aliphatic rings. The lowest BCUT2D eigenvalue weighted by atomic mass is 10.1. The number of H-pyrrole nitrogens is 1. The molecule has 5 heteroatoms. The van der Waals surface area contributed by atoms with Crippen molar-refractivity contribution in [1.29, 1.82) is 0 Å². The summed E-state index contributed by atoms with van der Waals surface area (Å²) in [4.78, 5) is 26.4. The Bertz CT molecular complexity index is 663. The Kier molecular flexibility index (Phi) is 4.53. The van der Waals surface area contributed by atoms with Crippen molar-refractivity contribution in [2.24, 2.45) is 0 Å². The molecular formula is C15H18N2O3. The Hall–Kier alpha value is -2.14. The standard InChI is InChI=1S/C15H18N2O3/c1-2-12(18)9-16-14(19)8-11-7-10-5-3-4-6-13(10)17-15(11)20/h3-7,12,18H,2,8-9H2,1H3,(H,16,19)(H,17,20)/t12-/m0/s1. The predicted octanol–water partition coefficient (Wildman–Crippen LogP) is 0.958. The second kappa shape index (κ2) is 6.34. The van der Waals surface area contributed by atoms with Crippen LogP contribution in [-0.2, 0) is 11.2 Å². The second-order valence-electron chi connectivity index (χ2n) is 4.75. The number of pyridine rings is 1. The van der Waals surface area contributed by atoms with E-state index in [4.69, 9.17) is 0 Å². The summed E-state index contributed by atoms with van der Waals surface area (Å²) in [6.07, 6.45) is 0.0433. The molecular weight excluding hydrogens is 256 g/mol. The van der Waals surface area contributed by atoms with E-state index in [0.29, 0.717) is 12.0 Å². The van der Waals surface area contributed by atoms with Gasteiger partial charge in [-0.15, -0.1) is 0 Å². The van der Waals surface area contributed by atoms with Crippen molar-refractivity contribution in [1.82, 2.24) is 10.3 Å². The molecule has 0 radical (unpaired) electrons. The fourth-order valence-corrected chi connectivity index (χ4v) is 1.94. The number of aliphatic hydroxyl groups excluding tert-OH is 1. The number of aromatic amines is 1. The first-order chi connectivity index (χ1) is 9.60. The summed E-state index contributed by atoms with van der Waals surface area (Å²) in [6, 6.07) is 9.15. The number of carbonyl (C=O) groups excluding carboxylic acids is 1. The van der Waals surface area contributed by atoms with Crippen LogP contribution in [0.5, 0.6) is 0 Å². The van der Waals surface area contributed by atoms with Crippen LogP contribution in [0.15, 0.2) is 35.1 Å². The first-order valence-electron chi connectivity index (χ1n) is 6.66. The van der Waals surface area contributed by atoms with Crippen molar-refractivity contribution >= 4 is 16.8 Å². The summed E-state index contributed by atoms with van der Waals surface area (Å²) >= 11 is 0. The molecule has 2 aromatic rings. The number of nitrogens with one attached hydrogen (secondary N) is 2. The largest absolute Gasteiger partial charge is 0.391 e. The highest BCUT2D eigenvalue weighted by atomic mass is 16.3. The first-order valence-corrected chi connectivity index (χ1v) is 6.66. The lowest BCUT2D eigenvalue weighted by molar-refractivity contribution is -0.120. The maximum Gasteiger partial charge on any atom is 0.252 e. The lowest BCUT2D eigenvalue weighted by Gasteiger charge is -2.09. The van der Waals surface area contributed by atoms with Gasteiger partial charge < -0.3 is 15.4 Å². The van der Waals surface area contributed by atoms with E-state index in [0.717, 1.165) is 10.9 Å². The Morgan fingerprint density at radius 2 is 2.15 bits per heavy atom. The summed E-state index contributed by atoms with van der Waals surface area (Å²) < 4.78 is 0. The third-order valence-corrected chi connectivity index (χ3v) is 3.19. The van der Waals surface area contributed by atoms with Crippen molar-refractivity contribution in [3.8, 4) is 0 Å². The zero-order valence-electron chi connectivity index (χ0n) is 11.3. The van der Waals surface area contributed by atoms with Crippen LogP contribution >= 0.6 is 0 Å². The van der Waals surface area contributed by atoms with Crippen molar-refractivity contribution < 1.29 is 9.90 Å². The highest BCUT2D eigenvalue weighted by Gasteiger charge is 2.09. The zero-order chi connectivity index (χ0) is 14.5. The molecule has 0 saturated heterocycles. The van der Waals surface area contributed by atoms with E-state index < -0.39 is 6.10 Å². The van der Waals surface area contributed by atoms with E-state index in [1.165, 1.54) is 0 Å². The summed E-state index contributed by atoms with van der Waals surface area (Å²) in [5, 5.41) is 12.9. The molecule has 0 bridgehead atoms. The molecule has 0 unspecified atom stereocenters. The van der Waals surface area contributed by atoms with Gasteiger partial charge in [-0.05, 0) is 23.9 Å². The minimum Gasteiger partial charge on any atom is -0.391 e. The third kappa shape index (κ3) is 3.45. The molecule has 5 nitrogen and oxygen atoms in total. The van der Waals surface area contributed by atoms with Crippen molar-refractivity contribution in [2.45, 2.75) is 25.9 Å².